The van der Waals surface area contributed by atoms with Gasteiger partial charge in [-0.25, -0.2) is 0 Å². The van der Waals surface area contributed by atoms with Gasteiger partial charge in [-0.15, -0.1) is 0 Å². The largest absolute Gasteiger partial charge is 0.490 e. The summed E-state index contributed by atoms with van der Waals surface area (Å²) in [6, 6.07) is 7.25. The molecule has 2 rings (SSSR count). The van der Waals surface area contributed by atoms with E-state index >= 15 is 0 Å². The van der Waals surface area contributed by atoms with Gasteiger partial charge in [-0.3, -0.25) is 4.79 Å². The molecule has 1 aromatic heterocycles. The van der Waals surface area contributed by atoms with E-state index in [0.29, 0.717) is 5.69 Å². The van der Waals surface area contributed by atoms with Gasteiger partial charge in [0.25, 0.3) is 0 Å². The average molecular weight is 373 g/mol. The number of halogens is 1. The van der Waals surface area contributed by atoms with E-state index in [-0.39, 0.29) is 12.5 Å². The lowest BCUT2D eigenvalue weighted by molar-refractivity contribution is -0.394. The Kier molecular flexibility index (Phi) is 4.04. The van der Waals surface area contributed by atoms with E-state index < -0.39 is 10.9 Å². The maximum atomic E-state index is 11.7. The lowest BCUT2D eigenvalue weighted by atomic mass is 10.3. The molecule has 0 aliphatic heterocycles. The van der Waals surface area contributed by atoms with Crippen LogP contribution in [0.1, 0.15) is 0 Å². The number of rotatable bonds is 4. The highest BCUT2D eigenvalue weighted by molar-refractivity contribution is 14.1. The van der Waals surface area contributed by atoms with E-state index in [0.717, 1.165) is 14.6 Å². The first kappa shape index (κ1) is 13.4. The summed E-state index contributed by atoms with van der Waals surface area (Å²) in [6.07, 6.45) is 1.14. The minimum absolute atomic E-state index is 0.132. The summed E-state index contributed by atoms with van der Waals surface area (Å²) < 4.78 is 2.17. The predicted molar refractivity (Wildman–Crippen MR) is 74.5 cm³/mol. The van der Waals surface area contributed by atoms with Crippen LogP contribution in [0.4, 0.5) is 11.6 Å². The Bertz CT molecular complexity index is 610. The van der Waals surface area contributed by atoms with E-state index in [1.807, 2.05) is 12.1 Å². The molecule has 1 amide bonds. The van der Waals surface area contributed by atoms with Crippen LogP contribution < -0.4 is 5.32 Å². The van der Waals surface area contributed by atoms with Crippen LogP contribution >= 0.6 is 22.6 Å². The lowest BCUT2D eigenvalue weighted by Gasteiger charge is -2.03. The maximum Gasteiger partial charge on any atom is 0.490 e. The Morgan fingerprint density at radius 3 is 2.68 bits per heavy atom. The van der Waals surface area contributed by atoms with Crippen LogP contribution in [0.5, 0.6) is 0 Å². The molecule has 0 spiro atoms. The first-order valence-corrected chi connectivity index (χ1v) is 6.22. The van der Waals surface area contributed by atoms with Crippen LogP contribution in [0.15, 0.2) is 30.6 Å². The van der Waals surface area contributed by atoms with Crippen molar-refractivity contribution >= 4 is 40.1 Å². The number of hydrogen-bond donors (Lipinski definition) is 1. The second-order valence-corrected chi connectivity index (χ2v) is 4.80. The Morgan fingerprint density at radius 2 is 2.11 bits per heavy atom. The van der Waals surface area contributed by atoms with Crippen molar-refractivity contribution in [2.24, 2.45) is 0 Å². The third-order valence-corrected chi connectivity index (χ3v) is 2.84. The number of nitrogens with zero attached hydrogens (tertiary/aromatic N) is 4. The molecule has 1 aromatic carbocycles. The molecule has 2 aromatic rings. The molecule has 0 radical (unpaired) electrons. The van der Waals surface area contributed by atoms with Crippen molar-refractivity contribution in [1.82, 2.24) is 14.8 Å². The molecule has 1 N–H and O–H groups in total. The summed E-state index contributed by atoms with van der Waals surface area (Å²) in [5, 5.41) is 16.6. The fraction of sp³-hybridized carbons (Fsp3) is 0.100. The van der Waals surface area contributed by atoms with Crippen molar-refractivity contribution in [1.29, 1.82) is 0 Å². The summed E-state index contributed by atoms with van der Waals surface area (Å²) >= 11 is 2.16. The molecular weight excluding hydrogens is 365 g/mol. The Labute approximate surface area is 121 Å². The number of carbonyl (C=O) groups is 1. The molecule has 1 heterocycles. The number of benzene rings is 1. The zero-order valence-corrected chi connectivity index (χ0v) is 11.6. The number of aromatic nitrogens is 3. The average Bonchev–Trinajstić information content (AvgIpc) is 2.80. The van der Waals surface area contributed by atoms with Gasteiger partial charge < -0.3 is 15.4 Å². The minimum atomic E-state index is -0.715. The van der Waals surface area contributed by atoms with Crippen molar-refractivity contribution < 1.29 is 9.72 Å². The molecule has 98 valence electrons. The van der Waals surface area contributed by atoms with E-state index in [9.17, 15) is 14.9 Å². The Hall–Kier alpha value is -2.04. The molecule has 0 fully saturated rings. The number of anilines is 1. The fourth-order valence-corrected chi connectivity index (χ4v) is 1.69. The second kappa shape index (κ2) is 5.73. The van der Waals surface area contributed by atoms with Gasteiger partial charge in [-0.05, 0) is 51.8 Å². The third kappa shape index (κ3) is 3.71. The molecule has 0 bridgehead atoms. The molecule has 9 heteroatoms. The van der Waals surface area contributed by atoms with Crippen molar-refractivity contribution in [2.45, 2.75) is 6.54 Å². The highest BCUT2D eigenvalue weighted by Crippen LogP contribution is 2.11. The summed E-state index contributed by atoms with van der Waals surface area (Å²) in [4.78, 5) is 24.8. The zero-order chi connectivity index (χ0) is 13.8. The van der Waals surface area contributed by atoms with E-state index in [4.69, 9.17) is 0 Å². The molecule has 0 saturated heterocycles. The number of amides is 1. The molecular formula is C10H8IN5O3. The SMILES string of the molecule is O=C(Cn1cnc([N+](=O)[O-])n1)Nc1ccc(I)cc1. The molecule has 0 saturated carbocycles. The van der Waals surface area contributed by atoms with Crippen LogP contribution in [0.2, 0.25) is 0 Å². The molecule has 19 heavy (non-hydrogen) atoms. The number of hydrogen-bond acceptors (Lipinski definition) is 5. The van der Waals surface area contributed by atoms with Gasteiger partial charge >= 0.3 is 5.95 Å². The smallest absolute Gasteiger partial charge is 0.390 e. The van der Waals surface area contributed by atoms with E-state index in [1.165, 1.54) is 0 Å². The quantitative estimate of drug-likeness (QED) is 0.496. The molecule has 0 unspecified atom stereocenters. The standard InChI is InChI=1S/C10H8IN5O3/c11-7-1-3-8(4-2-7)13-9(17)5-15-6-12-10(14-15)16(18)19/h1-4,6H,5H2,(H,13,17). The second-order valence-electron chi connectivity index (χ2n) is 3.55. The van der Waals surface area contributed by atoms with Gasteiger partial charge in [0, 0.05) is 14.4 Å². The lowest BCUT2D eigenvalue weighted by Crippen LogP contribution is -2.19. The van der Waals surface area contributed by atoms with Gasteiger partial charge in [-0.2, -0.15) is 4.68 Å². The molecule has 8 nitrogen and oxygen atoms in total. The van der Waals surface area contributed by atoms with Gasteiger partial charge in [-0.1, -0.05) is 4.98 Å². The van der Waals surface area contributed by atoms with Gasteiger partial charge in [0.1, 0.15) is 6.54 Å². The van der Waals surface area contributed by atoms with E-state index in [2.05, 4.69) is 38.0 Å². The predicted octanol–water partition coefficient (Wildman–Crippen LogP) is 1.43. The Balaban J connectivity index is 1.97. The van der Waals surface area contributed by atoms with Crippen molar-refractivity contribution in [3.05, 3.63) is 44.3 Å². The van der Waals surface area contributed by atoms with Crippen LogP contribution in [-0.4, -0.2) is 25.6 Å². The van der Waals surface area contributed by atoms with Crippen molar-refractivity contribution in [2.75, 3.05) is 5.32 Å². The third-order valence-electron chi connectivity index (χ3n) is 2.12. The summed E-state index contributed by atoms with van der Waals surface area (Å²) in [5.41, 5.74) is 0.653. The van der Waals surface area contributed by atoms with Gasteiger partial charge in [0.05, 0.1) is 0 Å². The zero-order valence-electron chi connectivity index (χ0n) is 9.49. The first-order chi connectivity index (χ1) is 9.04. The van der Waals surface area contributed by atoms with Crippen LogP contribution in [-0.2, 0) is 11.3 Å². The highest BCUT2D eigenvalue weighted by atomic mass is 127. The first-order valence-electron chi connectivity index (χ1n) is 5.14. The molecule has 0 atom stereocenters. The van der Waals surface area contributed by atoms with Crippen LogP contribution in [0.25, 0.3) is 0 Å². The molecule has 0 aliphatic carbocycles. The number of carbonyl (C=O) groups excluding carboxylic acids is 1. The van der Waals surface area contributed by atoms with Crippen LogP contribution in [0, 0.1) is 13.7 Å². The summed E-state index contributed by atoms with van der Waals surface area (Å²) in [5.74, 6) is -0.858. The van der Waals surface area contributed by atoms with Gasteiger partial charge in [0.2, 0.25) is 12.2 Å². The molecule has 0 aliphatic rings. The fourth-order valence-electron chi connectivity index (χ4n) is 1.33. The van der Waals surface area contributed by atoms with Crippen molar-refractivity contribution in [3.63, 3.8) is 0 Å². The van der Waals surface area contributed by atoms with E-state index in [1.54, 1.807) is 12.1 Å². The summed E-state index contributed by atoms with van der Waals surface area (Å²) in [6.45, 7) is -0.132. The van der Waals surface area contributed by atoms with Crippen LogP contribution in [0.3, 0.4) is 0 Å². The minimum Gasteiger partial charge on any atom is -0.390 e. The normalized spacial score (nSPS) is 10.2. The summed E-state index contributed by atoms with van der Waals surface area (Å²) in [7, 11) is 0. The number of nitrogens with one attached hydrogen (secondary N) is 1. The maximum absolute atomic E-state index is 11.7. The topological polar surface area (TPSA) is 103 Å². The Morgan fingerprint density at radius 1 is 1.42 bits per heavy atom. The van der Waals surface area contributed by atoms with Crippen molar-refractivity contribution in [3.8, 4) is 0 Å². The number of nitro groups is 1. The van der Waals surface area contributed by atoms with Gasteiger partial charge in [0.15, 0.2) is 0 Å². The highest BCUT2D eigenvalue weighted by Gasteiger charge is 2.15. The monoisotopic (exact) mass is 373 g/mol.